The predicted octanol–water partition coefficient (Wildman–Crippen LogP) is 0.284. The first-order valence-electron chi connectivity index (χ1n) is 10.2. The fraction of sp³-hybridized carbons (Fsp3) is 0.400. The van der Waals surface area contributed by atoms with Crippen molar-refractivity contribution in [3.8, 4) is 0 Å². The Balaban J connectivity index is 1.48. The van der Waals surface area contributed by atoms with Crippen LogP contribution in [-0.2, 0) is 41.6 Å². The second-order valence-electron chi connectivity index (χ2n) is 6.89. The van der Waals surface area contributed by atoms with Gasteiger partial charge in [0.15, 0.2) is 10.2 Å². The van der Waals surface area contributed by atoms with Crippen LogP contribution >= 0.6 is 23.5 Å². The molecule has 0 bridgehead atoms. The van der Waals surface area contributed by atoms with Gasteiger partial charge in [-0.25, -0.2) is 9.97 Å². The first-order valence-corrected chi connectivity index (χ1v) is 12.2. The molecule has 4 amide bonds. The molecule has 34 heavy (non-hydrogen) atoms. The van der Waals surface area contributed by atoms with E-state index in [-0.39, 0.29) is 60.3 Å². The monoisotopic (exact) mass is 508 g/mol. The zero-order valence-corrected chi connectivity index (χ0v) is 19.8. The molecule has 2 rings (SSSR count). The Bertz CT molecular complexity index is 913. The summed E-state index contributed by atoms with van der Waals surface area (Å²) in [6.07, 6.45) is 5.82. The van der Waals surface area contributed by atoms with Gasteiger partial charge in [0, 0.05) is 61.0 Å². The molecule has 0 saturated heterocycles. The van der Waals surface area contributed by atoms with E-state index in [0.717, 1.165) is 23.5 Å². The fourth-order valence-corrected chi connectivity index (χ4v) is 4.02. The van der Waals surface area contributed by atoms with Gasteiger partial charge in [-0.15, -0.1) is 0 Å². The van der Waals surface area contributed by atoms with Gasteiger partial charge in [0.2, 0.25) is 23.6 Å². The van der Waals surface area contributed by atoms with Crippen molar-refractivity contribution in [1.29, 1.82) is 0 Å². The number of nitrogens with zero attached hydrogens (tertiary/aromatic N) is 2. The zero-order chi connectivity index (χ0) is 24.8. The quantitative estimate of drug-likeness (QED) is 0.293. The van der Waals surface area contributed by atoms with Gasteiger partial charge in [-0.3, -0.25) is 39.4 Å². The zero-order valence-electron chi connectivity index (χ0n) is 18.1. The Kier molecular flexibility index (Phi) is 11.7. The molecular weight excluding hydrogens is 484 g/mol. The molecule has 12 nitrogen and oxygen atoms in total. The van der Waals surface area contributed by atoms with E-state index in [0.29, 0.717) is 11.4 Å². The van der Waals surface area contributed by atoms with Gasteiger partial charge in [0.05, 0.1) is 25.5 Å². The Morgan fingerprint density at radius 2 is 1.06 bits per heavy atom. The van der Waals surface area contributed by atoms with Crippen LogP contribution in [0.3, 0.4) is 0 Å². The third-order valence-electron chi connectivity index (χ3n) is 4.09. The van der Waals surface area contributed by atoms with Crippen LogP contribution in [0.5, 0.6) is 0 Å². The highest BCUT2D eigenvalue weighted by Gasteiger charge is 2.14. The third-order valence-corrected chi connectivity index (χ3v) is 5.96. The number of imide groups is 2. The summed E-state index contributed by atoms with van der Waals surface area (Å²) < 4.78 is 0. The maximum Gasteiger partial charge on any atom is 0.232 e. The number of imidazole rings is 2. The number of hydrogen-bond acceptors (Lipinski definition) is 10. The lowest BCUT2D eigenvalue weighted by molar-refractivity contribution is -0.131. The van der Waals surface area contributed by atoms with Gasteiger partial charge < -0.3 is 9.97 Å². The third kappa shape index (κ3) is 11.6. The molecule has 0 aliphatic heterocycles. The van der Waals surface area contributed by atoms with Crippen molar-refractivity contribution >= 4 is 57.4 Å². The van der Waals surface area contributed by atoms with Gasteiger partial charge >= 0.3 is 0 Å². The Morgan fingerprint density at radius 3 is 1.41 bits per heavy atom. The molecule has 0 spiro atoms. The highest BCUT2D eigenvalue weighted by Crippen LogP contribution is 2.14. The van der Waals surface area contributed by atoms with Gasteiger partial charge in [0.25, 0.3) is 0 Å². The van der Waals surface area contributed by atoms with Gasteiger partial charge in [0.1, 0.15) is 0 Å². The van der Waals surface area contributed by atoms with Gasteiger partial charge in [-0.05, 0) is 0 Å². The van der Waals surface area contributed by atoms with Gasteiger partial charge in [-0.1, -0.05) is 23.5 Å². The molecule has 14 heteroatoms. The van der Waals surface area contributed by atoms with E-state index in [1.807, 2.05) is 0 Å². The molecule has 2 aromatic heterocycles. The molecule has 0 aromatic carbocycles. The molecule has 4 N–H and O–H groups in total. The number of H-pyrrole nitrogens is 2. The van der Waals surface area contributed by atoms with Crippen molar-refractivity contribution in [2.45, 2.75) is 38.5 Å². The van der Waals surface area contributed by atoms with Crippen molar-refractivity contribution in [3.63, 3.8) is 0 Å². The molecule has 0 aliphatic carbocycles. The summed E-state index contributed by atoms with van der Waals surface area (Å²) in [5.41, 5.74) is 1.16. The SMILES string of the molecule is O=C(CCSC(=O)CCC(=O)SCCC(=O)NC(=O)Cc1cnc[nH]1)NC(=O)Cc1cnc[nH]1. The summed E-state index contributed by atoms with van der Waals surface area (Å²) in [6.45, 7) is 0. The Morgan fingerprint density at radius 1 is 0.647 bits per heavy atom. The lowest BCUT2D eigenvalue weighted by atomic mass is 10.3. The molecule has 0 fully saturated rings. The van der Waals surface area contributed by atoms with Crippen LogP contribution < -0.4 is 10.6 Å². The maximum absolute atomic E-state index is 11.9. The molecule has 0 aliphatic rings. The number of carbonyl (C=O) groups excluding carboxylic acids is 6. The van der Waals surface area contributed by atoms with E-state index in [2.05, 4.69) is 30.6 Å². The van der Waals surface area contributed by atoms with Crippen molar-refractivity contribution in [1.82, 2.24) is 30.6 Å². The fourth-order valence-electron chi connectivity index (χ4n) is 2.50. The number of thioether (sulfide) groups is 2. The number of amides is 4. The summed E-state index contributed by atoms with van der Waals surface area (Å²) in [5, 5.41) is 3.98. The van der Waals surface area contributed by atoms with E-state index in [1.54, 1.807) is 0 Å². The summed E-state index contributed by atoms with van der Waals surface area (Å²) in [4.78, 5) is 83.7. The molecule has 0 saturated carbocycles. The number of rotatable bonds is 13. The number of nitrogens with one attached hydrogen (secondary N) is 4. The number of hydrogen-bond donors (Lipinski definition) is 4. The van der Waals surface area contributed by atoms with Crippen molar-refractivity contribution in [2.75, 3.05) is 11.5 Å². The topological polar surface area (TPSA) is 184 Å². The second kappa shape index (κ2) is 14.8. The van der Waals surface area contributed by atoms with E-state index in [9.17, 15) is 28.8 Å². The maximum atomic E-state index is 11.9. The minimum atomic E-state index is -0.488. The van der Waals surface area contributed by atoms with E-state index in [4.69, 9.17) is 0 Å². The number of carbonyl (C=O) groups is 6. The summed E-state index contributed by atoms with van der Waals surface area (Å²) in [5.74, 6) is -1.53. The summed E-state index contributed by atoms with van der Waals surface area (Å²) >= 11 is 1.84. The average molecular weight is 509 g/mol. The molecule has 0 unspecified atom stereocenters. The van der Waals surface area contributed by atoms with E-state index in [1.165, 1.54) is 25.0 Å². The van der Waals surface area contributed by atoms with Crippen LogP contribution in [0.2, 0.25) is 0 Å². The second-order valence-corrected chi connectivity index (χ2v) is 9.20. The molecule has 0 radical (unpaired) electrons. The smallest absolute Gasteiger partial charge is 0.232 e. The highest BCUT2D eigenvalue weighted by molar-refractivity contribution is 8.14. The molecule has 2 aromatic rings. The van der Waals surface area contributed by atoms with E-state index >= 15 is 0 Å². The minimum absolute atomic E-state index is 0.000736. The van der Waals surface area contributed by atoms with Crippen LogP contribution in [-0.4, -0.2) is 65.3 Å². The molecule has 182 valence electrons. The van der Waals surface area contributed by atoms with Crippen LogP contribution in [0, 0.1) is 0 Å². The summed E-state index contributed by atoms with van der Waals surface area (Å²) in [6, 6.07) is 0. The first-order chi connectivity index (χ1) is 16.3. The molecule has 0 atom stereocenters. The van der Waals surface area contributed by atoms with Crippen LogP contribution in [0.25, 0.3) is 0 Å². The van der Waals surface area contributed by atoms with Crippen LogP contribution in [0.1, 0.15) is 37.1 Å². The first kappa shape index (κ1) is 27.0. The Labute approximate surface area is 203 Å². The van der Waals surface area contributed by atoms with Crippen LogP contribution in [0.4, 0.5) is 0 Å². The van der Waals surface area contributed by atoms with E-state index < -0.39 is 23.6 Å². The lowest BCUT2D eigenvalue weighted by Crippen LogP contribution is -2.32. The average Bonchev–Trinajstić information content (AvgIpc) is 3.46. The van der Waals surface area contributed by atoms with Crippen molar-refractivity contribution in [2.24, 2.45) is 0 Å². The number of aromatic nitrogens is 4. The van der Waals surface area contributed by atoms with Gasteiger partial charge in [-0.2, -0.15) is 0 Å². The lowest BCUT2D eigenvalue weighted by Gasteiger charge is -2.04. The van der Waals surface area contributed by atoms with Crippen molar-refractivity contribution < 1.29 is 28.8 Å². The summed E-state index contributed by atoms with van der Waals surface area (Å²) in [7, 11) is 0. The predicted molar refractivity (Wildman–Crippen MR) is 124 cm³/mol. The highest BCUT2D eigenvalue weighted by atomic mass is 32.2. The Hall–Kier alpha value is -3.26. The minimum Gasteiger partial charge on any atom is -0.348 e. The van der Waals surface area contributed by atoms with Crippen molar-refractivity contribution in [3.05, 3.63) is 36.4 Å². The van der Waals surface area contributed by atoms with Crippen LogP contribution in [0.15, 0.2) is 25.0 Å². The largest absolute Gasteiger partial charge is 0.348 e. The molecular formula is C20H24N6O6S2. The number of aromatic amines is 2. The standard InChI is InChI=1S/C20H24N6O6S2/c27-15(25-17(29)7-13-9-21-11-23-13)3-5-33-19(31)1-2-20(32)34-6-4-16(28)26-18(30)8-14-10-22-12-24-14/h9-12H,1-8H2,(H,21,23)(H,22,24)(H,25,27,29)(H,26,28,30). The normalized spacial score (nSPS) is 10.5. The molecule has 2 heterocycles.